The first-order valence-corrected chi connectivity index (χ1v) is 7.41. The highest BCUT2D eigenvalue weighted by Gasteiger charge is 2.15. The highest BCUT2D eigenvalue weighted by molar-refractivity contribution is 7.99. The van der Waals surface area contributed by atoms with Crippen molar-refractivity contribution in [1.29, 1.82) is 0 Å². The van der Waals surface area contributed by atoms with E-state index in [1.165, 1.54) is 0 Å². The fraction of sp³-hybridized carbons (Fsp3) is 0.769. The maximum Gasteiger partial charge on any atom is 0.220 e. The Balaban J connectivity index is 2.10. The third kappa shape index (κ3) is 5.59. The number of thioether (sulfide) groups is 1. The Morgan fingerprint density at radius 1 is 1.62 bits per heavy atom. The number of allylic oxidation sites excluding steroid dienone is 2. The summed E-state index contributed by atoms with van der Waals surface area (Å²) >= 11 is 1.93. The Morgan fingerprint density at radius 2 is 2.44 bits per heavy atom. The standard InChI is InChI=1S/C13H23NOS/c1-3-16-9-8-11(2)14-13(15)10-12-6-4-5-7-12/h4,6,11-12H,3,5,7-10H2,1-2H3,(H,14,15)/t11-,12+/m1/s1. The highest BCUT2D eigenvalue weighted by atomic mass is 32.2. The van der Waals surface area contributed by atoms with E-state index < -0.39 is 0 Å². The van der Waals surface area contributed by atoms with Crippen LogP contribution in [0.2, 0.25) is 0 Å². The van der Waals surface area contributed by atoms with Gasteiger partial charge in [-0.15, -0.1) is 0 Å². The molecule has 0 radical (unpaired) electrons. The molecule has 0 spiro atoms. The molecule has 0 bridgehead atoms. The van der Waals surface area contributed by atoms with Crippen molar-refractivity contribution in [3.63, 3.8) is 0 Å². The number of rotatable bonds is 7. The quantitative estimate of drug-likeness (QED) is 0.548. The lowest BCUT2D eigenvalue weighted by atomic mass is 10.0. The van der Waals surface area contributed by atoms with E-state index in [-0.39, 0.29) is 5.91 Å². The second-order valence-corrected chi connectivity index (χ2v) is 5.82. The molecule has 92 valence electrons. The molecule has 1 aliphatic carbocycles. The molecule has 0 saturated heterocycles. The molecule has 3 heteroatoms. The predicted molar refractivity (Wildman–Crippen MR) is 71.7 cm³/mol. The van der Waals surface area contributed by atoms with Gasteiger partial charge >= 0.3 is 0 Å². The van der Waals surface area contributed by atoms with Gasteiger partial charge in [0.15, 0.2) is 0 Å². The van der Waals surface area contributed by atoms with Crippen molar-refractivity contribution < 1.29 is 4.79 Å². The number of carbonyl (C=O) groups is 1. The SMILES string of the molecule is CCSCC[C@@H](C)NC(=O)C[C@H]1C=CCC1. The van der Waals surface area contributed by atoms with Crippen LogP contribution in [-0.4, -0.2) is 23.5 Å². The lowest BCUT2D eigenvalue weighted by Gasteiger charge is -2.15. The van der Waals surface area contributed by atoms with Crippen molar-refractivity contribution in [1.82, 2.24) is 5.32 Å². The van der Waals surface area contributed by atoms with Gasteiger partial charge in [0.25, 0.3) is 0 Å². The monoisotopic (exact) mass is 241 g/mol. The Kier molecular flexibility index (Phi) is 6.62. The van der Waals surface area contributed by atoms with Gasteiger partial charge in [-0.05, 0) is 43.6 Å². The molecule has 0 aliphatic heterocycles. The van der Waals surface area contributed by atoms with Gasteiger partial charge in [0.05, 0.1) is 0 Å². The van der Waals surface area contributed by atoms with E-state index in [4.69, 9.17) is 0 Å². The summed E-state index contributed by atoms with van der Waals surface area (Å²) in [6.45, 7) is 4.26. The number of carbonyl (C=O) groups excluding carboxylic acids is 1. The minimum Gasteiger partial charge on any atom is -0.354 e. The number of hydrogen-bond acceptors (Lipinski definition) is 2. The van der Waals surface area contributed by atoms with Gasteiger partial charge in [0.2, 0.25) is 5.91 Å². The normalized spacial score (nSPS) is 21.0. The van der Waals surface area contributed by atoms with Crippen LogP contribution >= 0.6 is 11.8 Å². The van der Waals surface area contributed by atoms with Gasteiger partial charge in [-0.3, -0.25) is 4.79 Å². The van der Waals surface area contributed by atoms with Gasteiger partial charge in [-0.2, -0.15) is 11.8 Å². The van der Waals surface area contributed by atoms with Crippen LogP contribution < -0.4 is 5.32 Å². The Morgan fingerprint density at radius 3 is 3.06 bits per heavy atom. The first kappa shape index (κ1) is 13.6. The van der Waals surface area contributed by atoms with Gasteiger partial charge in [-0.1, -0.05) is 19.1 Å². The maximum atomic E-state index is 11.7. The smallest absolute Gasteiger partial charge is 0.220 e. The molecule has 1 amide bonds. The second-order valence-electron chi connectivity index (χ2n) is 4.42. The van der Waals surface area contributed by atoms with E-state index in [9.17, 15) is 4.79 Å². The summed E-state index contributed by atoms with van der Waals surface area (Å²) in [6.07, 6.45) is 8.39. The molecular weight excluding hydrogens is 218 g/mol. The van der Waals surface area contributed by atoms with Crippen LogP contribution in [-0.2, 0) is 4.79 Å². The third-order valence-corrected chi connectivity index (χ3v) is 3.80. The van der Waals surface area contributed by atoms with E-state index in [0.717, 1.165) is 30.8 Å². The Bertz CT molecular complexity index is 240. The zero-order chi connectivity index (χ0) is 11.8. The molecule has 1 N–H and O–H groups in total. The van der Waals surface area contributed by atoms with E-state index in [0.29, 0.717) is 18.4 Å². The largest absolute Gasteiger partial charge is 0.354 e. The predicted octanol–water partition coefficient (Wildman–Crippen LogP) is 2.99. The van der Waals surface area contributed by atoms with Crippen molar-refractivity contribution in [2.45, 2.75) is 45.6 Å². The first-order valence-electron chi connectivity index (χ1n) is 6.26. The zero-order valence-electron chi connectivity index (χ0n) is 10.4. The van der Waals surface area contributed by atoms with Gasteiger partial charge in [-0.25, -0.2) is 0 Å². The molecule has 2 atom stereocenters. The Hall–Kier alpha value is -0.440. The van der Waals surface area contributed by atoms with Crippen LogP contribution in [0.1, 0.15) is 39.5 Å². The molecule has 0 fully saturated rings. The second kappa shape index (κ2) is 7.77. The van der Waals surface area contributed by atoms with Crippen LogP contribution in [0.25, 0.3) is 0 Å². The molecule has 0 saturated carbocycles. The maximum absolute atomic E-state index is 11.7. The lowest BCUT2D eigenvalue weighted by Crippen LogP contribution is -2.33. The van der Waals surface area contributed by atoms with Crippen LogP contribution in [0.4, 0.5) is 0 Å². The number of nitrogens with one attached hydrogen (secondary N) is 1. The minimum atomic E-state index is 0.213. The van der Waals surface area contributed by atoms with Crippen molar-refractivity contribution in [2.75, 3.05) is 11.5 Å². The van der Waals surface area contributed by atoms with Crippen LogP contribution in [0, 0.1) is 5.92 Å². The Labute approximate surface area is 103 Å². The molecule has 0 unspecified atom stereocenters. The molecule has 2 nitrogen and oxygen atoms in total. The van der Waals surface area contributed by atoms with Crippen LogP contribution in [0.15, 0.2) is 12.2 Å². The van der Waals surface area contributed by atoms with E-state index in [2.05, 4.69) is 31.3 Å². The summed E-state index contributed by atoms with van der Waals surface area (Å²) in [7, 11) is 0. The van der Waals surface area contributed by atoms with Crippen molar-refractivity contribution >= 4 is 17.7 Å². The first-order chi connectivity index (χ1) is 7.72. The molecular formula is C13H23NOS. The van der Waals surface area contributed by atoms with Crippen molar-refractivity contribution in [2.24, 2.45) is 5.92 Å². The summed E-state index contributed by atoms with van der Waals surface area (Å²) in [6, 6.07) is 0.317. The summed E-state index contributed by atoms with van der Waals surface area (Å²) in [5.74, 6) is 3.00. The highest BCUT2D eigenvalue weighted by Crippen LogP contribution is 2.20. The topological polar surface area (TPSA) is 29.1 Å². The molecule has 1 rings (SSSR count). The van der Waals surface area contributed by atoms with Crippen molar-refractivity contribution in [3.05, 3.63) is 12.2 Å². The average molecular weight is 241 g/mol. The summed E-state index contributed by atoms with van der Waals surface area (Å²) in [4.78, 5) is 11.7. The number of hydrogen-bond donors (Lipinski definition) is 1. The number of amides is 1. The van der Waals surface area contributed by atoms with Gasteiger partial charge in [0, 0.05) is 12.5 Å². The fourth-order valence-corrected chi connectivity index (χ4v) is 2.72. The molecule has 16 heavy (non-hydrogen) atoms. The summed E-state index contributed by atoms with van der Waals surface area (Å²) in [5, 5.41) is 3.08. The van der Waals surface area contributed by atoms with E-state index in [1.54, 1.807) is 0 Å². The summed E-state index contributed by atoms with van der Waals surface area (Å²) < 4.78 is 0. The molecule has 0 aromatic heterocycles. The zero-order valence-corrected chi connectivity index (χ0v) is 11.2. The molecule has 1 aliphatic rings. The molecule has 0 aromatic carbocycles. The minimum absolute atomic E-state index is 0.213. The van der Waals surface area contributed by atoms with E-state index >= 15 is 0 Å². The fourth-order valence-electron chi connectivity index (χ4n) is 1.91. The molecule has 0 heterocycles. The van der Waals surface area contributed by atoms with Crippen LogP contribution in [0.5, 0.6) is 0 Å². The third-order valence-electron chi connectivity index (χ3n) is 2.87. The van der Waals surface area contributed by atoms with Crippen LogP contribution in [0.3, 0.4) is 0 Å². The van der Waals surface area contributed by atoms with Gasteiger partial charge in [0.1, 0.15) is 0 Å². The molecule has 0 aromatic rings. The van der Waals surface area contributed by atoms with Crippen molar-refractivity contribution in [3.8, 4) is 0 Å². The lowest BCUT2D eigenvalue weighted by molar-refractivity contribution is -0.122. The summed E-state index contributed by atoms with van der Waals surface area (Å²) in [5.41, 5.74) is 0. The van der Waals surface area contributed by atoms with E-state index in [1.807, 2.05) is 11.8 Å². The average Bonchev–Trinajstić information content (AvgIpc) is 2.70. The van der Waals surface area contributed by atoms with Gasteiger partial charge < -0.3 is 5.32 Å².